The molecule has 0 aliphatic heterocycles. The number of benzene rings is 1. The van der Waals surface area contributed by atoms with Crippen LogP contribution in [0.2, 0.25) is 0 Å². The Morgan fingerprint density at radius 3 is 2.48 bits per heavy atom. The van der Waals surface area contributed by atoms with Crippen LogP contribution in [0.15, 0.2) is 48.8 Å². The van der Waals surface area contributed by atoms with Crippen LogP contribution in [-0.4, -0.2) is 28.9 Å². The van der Waals surface area contributed by atoms with Gasteiger partial charge < -0.3 is 11.1 Å². The molecule has 0 saturated heterocycles. The number of carbonyl (C=O) groups excluding carboxylic acids is 1. The first-order valence-corrected chi connectivity index (χ1v) is 6.94. The van der Waals surface area contributed by atoms with Crippen molar-refractivity contribution in [2.75, 3.05) is 24.1 Å². The molecule has 2 rings (SSSR count). The Morgan fingerprint density at radius 2 is 1.86 bits per heavy atom. The SMILES string of the molecule is CCN(CC(=O)Nc1ccc(N)cc1)Cc1ccncc1. The summed E-state index contributed by atoms with van der Waals surface area (Å²) < 4.78 is 0. The van der Waals surface area contributed by atoms with Crippen LogP contribution in [0.25, 0.3) is 0 Å². The average Bonchev–Trinajstić information content (AvgIpc) is 2.50. The van der Waals surface area contributed by atoms with Crippen molar-refractivity contribution >= 4 is 17.3 Å². The Balaban J connectivity index is 1.89. The molecule has 2 aromatic rings. The number of anilines is 2. The molecule has 1 aromatic heterocycles. The van der Waals surface area contributed by atoms with Crippen molar-refractivity contribution in [3.8, 4) is 0 Å². The zero-order valence-corrected chi connectivity index (χ0v) is 12.1. The number of carbonyl (C=O) groups is 1. The van der Waals surface area contributed by atoms with Crippen LogP contribution in [0.1, 0.15) is 12.5 Å². The minimum atomic E-state index is -0.0318. The van der Waals surface area contributed by atoms with Crippen molar-refractivity contribution in [2.45, 2.75) is 13.5 Å². The minimum absolute atomic E-state index is 0.0318. The maximum atomic E-state index is 12.1. The first-order valence-electron chi connectivity index (χ1n) is 6.94. The number of hydrogen-bond acceptors (Lipinski definition) is 4. The van der Waals surface area contributed by atoms with Gasteiger partial charge in [0.05, 0.1) is 6.54 Å². The van der Waals surface area contributed by atoms with Gasteiger partial charge in [-0.1, -0.05) is 6.92 Å². The maximum absolute atomic E-state index is 12.1. The predicted octanol–water partition coefficient (Wildman–Crippen LogP) is 2.12. The van der Waals surface area contributed by atoms with E-state index in [0.29, 0.717) is 12.2 Å². The molecular formula is C16H20N4O. The van der Waals surface area contributed by atoms with E-state index >= 15 is 0 Å². The van der Waals surface area contributed by atoms with Gasteiger partial charge in [0.15, 0.2) is 0 Å². The highest BCUT2D eigenvalue weighted by Gasteiger charge is 2.10. The average molecular weight is 284 g/mol. The van der Waals surface area contributed by atoms with Crippen LogP contribution in [-0.2, 0) is 11.3 Å². The van der Waals surface area contributed by atoms with Crippen molar-refractivity contribution in [1.29, 1.82) is 0 Å². The molecule has 0 radical (unpaired) electrons. The van der Waals surface area contributed by atoms with Crippen LogP contribution in [0, 0.1) is 0 Å². The molecule has 5 nitrogen and oxygen atoms in total. The lowest BCUT2D eigenvalue weighted by Crippen LogP contribution is -2.32. The lowest BCUT2D eigenvalue weighted by atomic mass is 10.2. The summed E-state index contributed by atoms with van der Waals surface area (Å²) in [5, 5.41) is 2.87. The van der Waals surface area contributed by atoms with E-state index in [1.165, 1.54) is 0 Å². The normalized spacial score (nSPS) is 10.6. The molecule has 1 heterocycles. The quantitative estimate of drug-likeness (QED) is 0.797. The van der Waals surface area contributed by atoms with Gasteiger partial charge in [0.2, 0.25) is 5.91 Å². The van der Waals surface area contributed by atoms with Crippen molar-refractivity contribution in [1.82, 2.24) is 9.88 Å². The Bertz CT molecular complexity index is 569. The second kappa shape index (κ2) is 7.40. The molecule has 3 N–H and O–H groups in total. The fourth-order valence-electron chi connectivity index (χ4n) is 2.00. The lowest BCUT2D eigenvalue weighted by Gasteiger charge is -2.19. The number of nitrogens with one attached hydrogen (secondary N) is 1. The molecule has 0 fully saturated rings. The van der Waals surface area contributed by atoms with Crippen molar-refractivity contribution in [2.24, 2.45) is 0 Å². The Kier molecular flexibility index (Phi) is 5.29. The zero-order chi connectivity index (χ0) is 15.1. The topological polar surface area (TPSA) is 71.2 Å². The molecule has 0 bridgehead atoms. The summed E-state index contributed by atoms with van der Waals surface area (Å²) in [5.74, 6) is -0.0318. The maximum Gasteiger partial charge on any atom is 0.238 e. The molecule has 5 heteroatoms. The largest absolute Gasteiger partial charge is 0.399 e. The van der Waals surface area contributed by atoms with Crippen LogP contribution in [0.5, 0.6) is 0 Å². The van der Waals surface area contributed by atoms with Gasteiger partial charge in [-0.2, -0.15) is 0 Å². The Labute approximate surface area is 124 Å². The smallest absolute Gasteiger partial charge is 0.238 e. The van der Waals surface area contributed by atoms with E-state index in [-0.39, 0.29) is 5.91 Å². The second-order valence-corrected chi connectivity index (χ2v) is 4.83. The van der Waals surface area contributed by atoms with Gasteiger partial charge in [-0.05, 0) is 48.5 Å². The monoisotopic (exact) mass is 284 g/mol. The fraction of sp³-hybridized carbons (Fsp3) is 0.250. The molecule has 0 saturated carbocycles. The molecule has 0 unspecified atom stereocenters. The Hall–Kier alpha value is -2.40. The van der Waals surface area contributed by atoms with E-state index in [1.807, 2.05) is 19.1 Å². The summed E-state index contributed by atoms with van der Waals surface area (Å²) in [4.78, 5) is 18.1. The van der Waals surface area contributed by atoms with Crippen LogP contribution >= 0.6 is 0 Å². The molecule has 110 valence electrons. The number of rotatable bonds is 6. The summed E-state index contributed by atoms with van der Waals surface area (Å²) in [6, 6.07) is 11.0. The molecule has 21 heavy (non-hydrogen) atoms. The highest BCUT2D eigenvalue weighted by Crippen LogP contribution is 2.10. The van der Waals surface area contributed by atoms with Crippen molar-refractivity contribution < 1.29 is 4.79 Å². The first-order chi connectivity index (χ1) is 10.2. The summed E-state index contributed by atoms with van der Waals surface area (Å²) in [6.07, 6.45) is 3.52. The second-order valence-electron chi connectivity index (χ2n) is 4.83. The number of nitrogens with two attached hydrogens (primary N) is 1. The standard InChI is InChI=1S/C16H20N4O/c1-2-20(11-13-7-9-18-10-8-13)12-16(21)19-15-5-3-14(17)4-6-15/h3-10H,2,11-12,17H2,1H3,(H,19,21). The van der Waals surface area contributed by atoms with Gasteiger partial charge in [0.25, 0.3) is 0 Å². The van der Waals surface area contributed by atoms with Crippen LogP contribution in [0.4, 0.5) is 11.4 Å². The number of hydrogen-bond donors (Lipinski definition) is 2. The third-order valence-electron chi connectivity index (χ3n) is 3.16. The third-order valence-corrected chi connectivity index (χ3v) is 3.16. The molecule has 0 aliphatic carbocycles. The van der Waals surface area contributed by atoms with E-state index in [1.54, 1.807) is 36.7 Å². The number of nitrogen functional groups attached to an aromatic ring is 1. The lowest BCUT2D eigenvalue weighted by molar-refractivity contribution is -0.117. The summed E-state index contributed by atoms with van der Waals surface area (Å²) >= 11 is 0. The zero-order valence-electron chi connectivity index (χ0n) is 12.1. The molecule has 1 aromatic carbocycles. The Morgan fingerprint density at radius 1 is 1.19 bits per heavy atom. The summed E-state index contributed by atoms with van der Waals surface area (Å²) in [7, 11) is 0. The van der Waals surface area contributed by atoms with E-state index in [9.17, 15) is 4.79 Å². The van der Waals surface area contributed by atoms with E-state index < -0.39 is 0 Å². The predicted molar refractivity (Wildman–Crippen MR) is 84.7 cm³/mol. The summed E-state index contributed by atoms with van der Waals surface area (Å²) in [6.45, 7) is 3.92. The van der Waals surface area contributed by atoms with Gasteiger partial charge in [-0.15, -0.1) is 0 Å². The molecule has 1 amide bonds. The molecule has 0 spiro atoms. The summed E-state index contributed by atoms with van der Waals surface area (Å²) in [5.41, 5.74) is 8.20. The highest BCUT2D eigenvalue weighted by atomic mass is 16.2. The van der Waals surface area contributed by atoms with E-state index in [2.05, 4.69) is 15.2 Å². The minimum Gasteiger partial charge on any atom is -0.399 e. The number of nitrogens with zero attached hydrogens (tertiary/aromatic N) is 2. The van der Waals surface area contributed by atoms with Gasteiger partial charge in [-0.3, -0.25) is 14.7 Å². The molecule has 0 atom stereocenters. The van der Waals surface area contributed by atoms with Crippen LogP contribution < -0.4 is 11.1 Å². The van der Waals surface area contributed by atoms with E-state index in [4.69, 9.17) is 5.73 Å². The fourth-order valence-corrected chi connectivity index (χ4v) is 2.00. The van der Waals surface area contributed by atoms with Gasteiger partial charge in [0.1, 0.15) is 0 Å². The molecule has 0 aliphatic rings. The van der Waals surface area contributed by atoms with Gasteiger partial charge >= 0.3 is 0 Å². The van der Waals surface area contributed by atoms with Crippen molar-refractivity contribution in [3.05, 3.63) is 54.4 Å². The number of aromatic nitrogens is 1. The van der Waals surface area contributed by atoms with Crippen LogP contribution in [0.3, 0.4) is 0 Å². The number of likely N-dealkylation sites (N-methyl/N-ethyl adjacent to an activating group) is 1. The number of pyridine rings is 1. The van der Waals surface area contributed by atoms with Gasteiger partial charge in [0, 0.05) is 30.3 Å². The highest BCUT2D eigenvalue weighted by molar-refractivity contribution is 5.92. The van der Waals surface area contributed by atoms with Crippen molar-refractivity contribution in [3.63, 3.8) is 0 Å². The molecular weight excluding hydrogens is 264 g/mol. The van der Waals surface area contributed by atoms with Gasteiger partial charge in [-0.25, -0.2) is 0 Å². The van der Waals surface area contributed by atoms with E-state index in [0.717, 1.165) is 24.3 Å². The third kappa shape index (κ3) is 4.89. The number of amides is 1. The first kappa shape index (κ1) is 15.0.